The zero-order valence-electron chi connectivity index (χ0n) is 9.40. The van der Waals surface area contributed by atoms with Crippen LogP contribution in [-0.4, -0.2) is 9.97 Å². The lowest BCUT2D eigenvalue weighted by atomic mass is 10.0. The Bertz CT molecular complexity index is 504. The van der Waals surface area contributed by atoms with Gasteiger partial charge in [0.05, 0.1) is 11.8 Å². The summed E-state index contributed by atoms with van der Waals surface area (Å²) in [6.07, 6.45) is 8.25. The molecule has 1 aliphatic carbocycles. The number of hydrogen-bond donors (Lipinski definition) is 0. The quantitative estimate of drug-likeness (QED) is 0.753. The maximum absolute atomic E-state index is 6.06. The summed E-state index contributed by atoms with van der Waals surface area (Å²) in [5, 5.41) is 0.512. The van der Waals surface area contributed by atoms with Gasteiger partial charge in [-0.2, -0.15) is 0 Å². The Morgan fingerprint density at radius 1 is 1.24 bits per heavy atom. The second kappa shape index (κ2) is 4.49. The zero-order valence-corrected chi connectivity index (χ0v) is 10.2. The Balaban J connectivity index is 2.00. The van der Waals surface area contributed by atoms with Crippen molar-refractivity contribution >= 4 is 11.6 Å². The highest BCUT2D eigenvalue weighted by Gasteiger charge is 2.20. The maximum Gasteiger partial charge on any atom is 0.164 e. The van der Waals surface area contributed by atoms with E-state index in [0.717, 1.165) is 11.3 Å². The van der Waals surface area contributed by atoms with Crippen LogP contribution < -0.4 is 0 Å². The van der Waals surface area contributed by atoms with Crippen molar-refractivity contribution in [2.45, 2.75) is 31.6 Å². The number of halogens is 1. The van der Waals surface area contributed by atoms with Crippen molar-refractivity contribution in [1.29, 1.82) is 0 Å². The molecule has 88 valence electrons. The molecule has 3 nitrogen and oxygen atoms in total. The second-order valence-corrected chi connectivity index (χ2v) is 4.82. The van der Waals surface area contributed by atoms with Crippen LogP contribution in [0, 0.1) is 0 Å². The first kappa shape index (κ1) is 10.8. The minimum absolute atomic E-state index is 0.512. The molecule has 0 N–H and O–H groups in total. The summed E-state index contributed by atoms with van der Waals surface area (Å²) in [6.45, 7) is 0. The minimum atomic E-state index is 0.512. The molecule has 0 bridgehead atoms. The summed E-state index contributed by atoms with van der Waals surface area (Å²) in [5.41, 5.74) is 1.95. The van der Waals surface area contributed by atoms with Crippen molar-refractivity contribution in [3.63, 3.8) is 0 Å². The van der Waals surface area contributed by atoms with Gasteiger partial charge in [0.2, 0.25) is 0 Å². The Morgan fingerprint density at radius 3 is 2.76 bits per heavy atom. The van der Waals surface area contributed by atoms with Crippen molar-refractivity contribution < 1.29 is 4.42 Å². The second-order valence-electron chi connectivity index (χ2n) is 4.43. The van der Waals surface area contributed by atoms with Crippen LogP contribution in [0.5, 0.6) is 0 Å². The van der Waals surface area contributed by atoms with E-state index in [0.29, 0.717) is 16.9 Å². The van der Waals surface area contributed by atoms with Crippen LogP contribution in [0.4, 0.5) is 0 Å². The van der Waals surface area contributed by atoms with Gasteiger partial charge in [-0.1, -0.05) is 24.4 Å². The van der Waals surface area contributed by atoms with Gasteiger partial charge in [-0.05, 0) is 25.0 Å². The first-order valence-electron chi connectivity index (χ1n) is 5.90. The Hall–Kier alpha value is -1.35. The van der Waals surface area contributed by atoms with E-state index in [2.05, 4.69) is 9.97 Å². The summed E-state index contributed by atoms with van der Waals surface area (Å²) in [4.78, 5) is 8.84. The smallest absolute Gasteiger partial charge is 0.164 e. The van der Waals surface area contributed by atoms with Crippen molar-refractivity contribution in [3.05, 3.63) is 35.5 Å². The summed E-state index contributed by atoms with van der Waals surface area (Å²) >= 11 is 6.06. The van der Waals surface area contributed by atoms with E-state index in [1.165, 1.54) is 25.7 Å². The van der Waals surface area contributed by atoms with Gasteiger partial charge in [-0.25, -0.2) is 9.97 Å². The molecule has 0 saturated heterocycles. The summed E-state index contributed by atoms with van der Waals surface area (Å²) in [6, 6.07) is 3.74. The summed E-state index contributed by atoms with van der Waals surface area (Å²) in [7, 11) is 0. The molecule has 17 heavy (non-hydrogen) atoms. The predicted molar refractivity (Wildman–Crippen MR) is 66.0 cm³/mol. The van der Waals surface area contributed by atoms with E-state index >= 15 is 0 Å². The van der Waals surface area contributed by atoms with Gasteiger partial charge in [0.1, 0.15) is 11.4 Å². The molecular weight excluding hydrogens is 236 g/mol. The zero-order chi connectivity index (χ0) is 11.7. The van der Waals surface area contributed by atoms with Crippen molar-refractivity contribution in [1.82, 2.24) is 9.97 Å². The normalized spacial score (nSPS) is 16.5. The molecule has 0 aliphatic heterocycles. The number of aromatic nitrogens is 2. The highest BCUT2D eigenvalue weighted by molar-refractivity contribution is 6.29. The lowest BCUT2D eigenvalue weighted by Gasteiger charge is -2.09. The third kappa shape index (κ3) is 2.20. The molecule has 2 heterocycles. The maximum atomic E-state index is 6.06. The van der Waals surface area contributed by atoms with Crippen molar-refractivity contribution in [3.8, 4) is 11.4 Å². The topological polar surface area (TPSA) is 38.9 Å². The molecule has 2 aromatic rings. The van der Waals surface area contributed by atoms with Gasteiger partial charge in [0, 0.05) is 11.6 Å². The van der Waals surface area contributed by atoms with Gasteiger partial charge in [0.15, 0.2) is 5.82 Å². The average molecular weight is 249 g/mol. The number of furan rings is 1. The molecule has 1 aliphatic rings. The highest BCUT2D eigenvalue weighted by atomic mass is 35.5. The van der Waals surface area contributed by atoms with E-state index in [1.54, 1.807) is 12.5 Å². The molecular formula is C13H13ClN2O. The largest absolute Gasteiger partial charge is 0.472 e. The molecule has 2 aromatic heterocycles. The number of nitrogens with zero attached hydrogens (tertiary/aromatic N) is 2. The third-order valence-electron chi connectivity index (χ3n) is 3.27. The van der Waals surface area contributed by atoms with Crippen molar-refractivity contribution in [2.75, 3.05) is 0 Å². The molecule has 4 heteroatoms. The first-order valence-corrected chi connectivity index (χ1v) is 6.28. The van der Waals surface area contributed by atoms with Gasteiger partial charge in [-0.3, -0.25) is 0 Å². The molecule has 0 amide bonds. The molecule has 3 rings (SSSR count). The fraction of sp³-hybridized carbons (Fsp3) is 0.385. The Labute approximate surface area is 105 Å². The summed E-state index contributed by atoms with van der Waals surface area (Å²) < 4.78 is 5.05. The standard InChI is InChI=1S/C13H13ClN2O/c14-12-7-11(9-3-1-2-4-9)15-13(16-12)10-5-6-17-8-10/h5-9H,1-4H2. The summed E-state index contributed by atoms with van der Waals surface area (Å²) in [5.74, 6) is 1.20. The van der Waals surface area contributed by atoms with Crippen LogP contribution in [-0.2, 0) is 0 Å². The lowest BCUT2D eigenvalue weighted by molar-refractivity contribution is 0.568. The molecule has 0 aromatic carbocycles. The van der Waals surface area contributed by atoms with E-state index < -0.39 is 0 Å². The number of hydrogen-bond acceptors (Lipinski definition) is 3. The molecule has 0 unspecified atom stereocenters. The Kier molecular flexibility index (Phi) is 2.85. The van der Waals surface area contributed by atoms with Crippen LogP contribution in [0.25, 0.3) is 11.4 Å². The highest BCUT2D eigenvalue weighted by Crippen LogP contribution is 2.34. The average Bonchev–Trinajstić information content (AvgIpc) is 3.02. The first-order chi connectivity index (χ1) is 8.33. The van der Waals surface area contributed by atoms with Crippen LogP contribution in [0.1, 0.15) is 37.3 Å². The van der Waals surface area contributed by atoms with Gasteiger partial charge >= 0.3 is 0 Å². The fourth-order valence-corrected chi connectivity index (χ4v) is 2.58. The molecule has 0 atom stereocenters. The van der Waals surface area contributed by atoms with Crippen molar-refractivity contribution in [2.24, 2.45) is 0 Å². The Morgan fingerprint density at radius 2 is 2.06 bits per heavy atom. The van der Waals surface area contributed by atoms with Crippen LogP contribution in [0.2, 0.25) is 5.15 Å². The van der Waals surface area contributed by atoms with E-state index in [4.69, 9.17) is 16.0 Å². The SMILES string of the molecule is Clc1cc(C2CCCC2)nc(-c2ccoc2)n1. The van der Waals surface area contributed by atoms with Crippen LogP contribution in [0.3, 0.4) is 0 Å². The molecule has 1 saturated carbocycles. The number of rotatable bonds is 2. The van der Waals surface area contributed by atoms with Gasteiger partial charge in [-0.15, -0.1) is 0 Å². The van der Waals surface area contributed by atoms with Gasteiger partial charge in [0.25, 0.3) is 0 Å². The van der Waals surface area contributed by atoms with E-state index in [1.807, 2.05) is 12.1 Å². The molecule has 0 radical (unpaired) electrons. The van der Waals surface area contributed by atoms with E-state index in [-0.39, 0.29) is 0 Å². The monoisotopic (exact) mass is 248 g/mol. The molecule has 0 spiro atoms. The van der Waals surface area contributed by atoms with Gasteiger partial charge < -0.3 is 4.42 Å². The van der Waals surface area contributed by atoms with Crippen LogP contribution in [0.15, 0.2) is 29.1 Å². The fourth-order valence-electron chi connectivity index (χ4n) is 2.39. The lowest BCUT2D eigenvalue weighted by Crippen LogP contribution is -2.00. The minimum Gasteiger partial charge on any atom is -0.472 e. The predicted octanol–water partition coefficient (Wildman–Crippen LogP) is 4.05. The van der Waals surface area contributed by atoms with Crippen LogP contribution >= 0.6 is 11.6 Å². The van der Waals surface area contributed by atoms with E-state index in [9.17, 15) is 0 Å². The third-order valence-corrected chi connectivity index (χ3v) is 3.46. The molecule has 1 fully saturated rings.